The Morgan fingerprint density at radius 1 is 0.435 bits per heavy atom. The van der Waals surface area contributed by atoms with Gasteiger partial charge in [0, 0.05) is 6.42 Å². The third kappa shape index (κ3) is 39.3. The minimum Gasteiger partial charge on any atom is -0.394 e. The van der Waals surface area contributed by atoms with E-state index in [4.69, 9.17) is 18.9 Å². The third-order valence-corrected chi connectivity index (χ3v) is 15.7. The molecule has 0 saturated carbocycles. The van der Waals surface area contributed by atoms with Crippen LogP contribution in [0, 0.1) is 0 Å². The van der Waals surface area contributed by atoms with Crippen molar-refractivity contribution in [2.24, 2.45) is 0 Å². The molecule has 0 aromatic rings. The largest absolute Gasteiger partial charge is 0.394 e. The fourth-order valence-electron chi connectivity index (χ4n) is 10.3. The minimum atomic E-state index is -1.79. The van der Waals surface area contributed by atoms with Crippen molar-refractivity contribution in [2.75, 3.05) is 19.8 Å². The quantitative estimate of drug-likeness (QED) is 0.0204. The van der Waals surface area contributed by atoms with E-state index >= 15 is 0 Å². The van der Waals surface area contributed by atoms with Crippen LogP contribution in [-0.2, 0) is 23.7 Å². The maximum Gasteiger partial charge on any atom is 0.220 e. The lowest BCUT2D eigenvalue weighted by molar-refractivity contribution is -0.359. The topological polar surface area (TPSA) is 228 Å². The van der Waals surface area contributed by atoms with Crippen molar-refractivity contribution < 1.29 is 64.6 Å². The van der Waals surface area contributed by atoms with Crippen LogP contribution in [0.1, 0.15) is 239 Å². The molecule has 9 N–H and O–H groups in total. The SMILES string of the molecule is CC/C=C\C/C=C\C/C=C\C/C=C\C/C=C\C/C=C\C/C=C\CCCCCCCCCCCCCCCCCCCCCC(=O)NC(COC1OC(CO)C(OC2OC(CO)C(O)C(O)C2O)C(O)C1O)C(O)/C=C/CC/C=C/CCCCCC. The van der Waals surface area contributed by atoms with Crippen LogP contribution in [0.5, 0.6) is 0 Å². The van der Waals surface area contributed by atoms with Gasteiger partial charge in [0.2, 0.25) is 5.91 Å². The van der Waals surface area contributed by atoms with Crippen molar-refractivity contribution in [1.29, 1.82) is 0 Å². The van der Waals surface area contributed by atoms with Crippen molar-refractivity contribution in [1.82, 2.24) is 5.32 Å². The van der Waals surface area contributed by atoms with E-state index in [1.54, 1.807) is 6.08 Å². The van der Waals surface area contributed by atoms with Crippen LogP contribution < -0.4 is 5.32 Å². The summed E-state index contributed by atoms with van der Waals surface area (Å²) in [5.74, 6) is -0.253. The Bertz CT molecular complexity index is 1840. The van der Waals surface area contributed by atoms with Crippen LogP contribution in [-0.4, -0.2) is 140 Å². The van der Waals surface area contributed by atoms with Gasteiger partial charge in [-0.3, -0.25) is 4.79 Å². The number of hydrogen-bond acceptors (Lipinski definition) is 13. The number of amides is 1. The Morgan fingerprint density at radius 3 is 1.29 bits per heavy atom. The van der Waals surface area contributed by atoms with Gasteiger partial charge in [0.15, 0.2) is 12.6 Å². The van der Waals surface area contributed by atoms with Crippen LogP contribution in [0.25, 0.3) is 0 Å². The van der Waals surface area contributed by atoms with Gasteiger partial charge in [0.1, 0.15) is 48.8 Å². The summed E-state index contributed by atoms with van der Waals surface area (Å²) in [7, 11) is 0. The zero-order valence-corrected chi connectivity index (χ0v) is 52.8. The van der Waals surface area contributed by atoms with Gasteiger partial charge < -0.3 is 65.1 Å². The van der Waals surface area contributed by atoms with Crippen LogP contribution in [0.4, 0.5) is 0 Å². The Balaban J connectivity index is 1.54. The highest BCUT2D eigenvalue weighted by Crippen LogP contribution is 2.30. The maximum atomic E-state index is 13.2. The van der Waals surface area contributed by atoms with Crippen molar-refractivity contribution in [2.45, 2.75) is 312 Å². The normalized spacial score (nSPS) is 24.3. The molecular formula is C71H121NO13. The predicted molar refractivity (Wildman–Crippen MR) is 345 cm³/mol. The van der Waals surface area contributed by atoms with Crippen LogP contribution >= 0.6 is 0 Å². The second-order valence-corrected chi connectivity index (χ2v) is 23.2. The zero-order chi connectivity index (χ0) is 61.6. The van der Waals surface area contributed by atoms with E-state index in [2.05, 4.69) is 116 Å². The maximum absolute atomic E-state index is 13.2. The van der Waals surface area contributed by atoms with E-state index in [0.29, 0.717) is 12.8 Å². The standard InChI is InChI=1S/C71H121NO13/c1-3-5-7-9-11-13-15-16-17-18-19-20-21-22-23-24-25-26-27-28-29-30-31-32-33-34-35-36-37-38-39-40-41-42-43-44-45-47-49-51-53-55-63(76)72-59(60(75)54-52-50-48-46-14-12-10-8-6-4-2)58-82-70-68(81)66(79)69(62(57-74)84-70)85-71-67(80)65(78)64(77)61(56-73)83-71/h5,7,11,13-14,16-17,19-20,22-23,25-26,28-29,46,52,54,59-62,64-71,73-75,77-81H,3-4,6,8-10,12,15,18,21,24,27,30-45,47-51,53,55-58H2,1-2H3,(H,72,76)/b7-5-,13-11-,17-16-,20-19-,23-22-,26-25-,29-28-,46-14+,54-52+. The van der Waals surface area contributed by atoms with Crippen molar-refractivity contribution >= 4 is 5.91 Å². The Kier molecular flexibility index (Phi) is 50.1. The number of carbonyl (C=O) groups excluding carboxylic acids is 1. The lowest BCUT2D eigenvalue weighted by Crippen LogP contribution is -2.65. The number of unbranched alkanes of at least 4 members (excludes halogenated alkanes) is 24. The number of carbonyl (C=O) groups is 1. The molecule has 0 aromatic carbocycles. The second-order valence-electron chi connectivity index (χ2n) is 23.2. The zero-order valence-electron chi connectivity index (χ0n) is 52.8. The molecule has 14 nitrogen and oxygen atoms in total. The Labute approximate surface area is 515 Å². The second kappa shape index (κ2) is 54.8. The molecule has 12 atom stereocenters. The number of aliphatic hydroxyl groups excluding tert-OH is 8. The summed E-state index contributed by atoms with van der Waals surface area (Å²) in [5.41, 5.74) is 0. The molecule has 0 spiro atoms. The summed E-state index contributed by atoms with van der Waals surface area (Å²) in [4.78, 5) is 13.2. The highest BCUT2D eigenvalue weighted by molar-refractivity contribution is 5.76. The number of aliphatic hydroxyl groups is 8. The monoisotopic (exact) mass is 1200 g/mol. The first-order chi connectivity index (χ1) is 41.6. The molecule has 0 aliphatic carbocycles. The van der Waals surface area contributed by atoms with Gasteiger partial charge in [-0.25, -0.2) is 0 Å². The molecule has 2 aliphatic rings. The molecule has 14 heteroatoms. The highest BCUT2D eigenvalue weighted by atomic mass is 16.7. The third-order valence-electron chi connectivity index (χ3n) is 15.7. The summed E-state index contributed by atoms with van der Waals surface area (Å²) < 4.78 is 22.7. The number of ether oxygens (including phenoxy) is 4. The lowest BCUT2D eigenvalue weighted by Gasteiger charge is -2.46. The number of rotatable bonds is 53. The van der Waals surface area contributed by atoms with E-state index < -0.39 is 86.8 Å². The first kappa shape index (κ1) is 77.7. The van der Waals surface area contributed by atoms with Gasteiger partial charge >= 0.3 is 0 Å². The summed E-state index contributed by atoms with van der Waals surface area (Å²) in [6.45, 7) is 2.61. The van der Waals surface area contributed by atoms with Gasteiger partial charge in [-0.15, -0.1) is 0 Å². The fraction of sp³-hybridized carbons (Fsp3) is 0.732. The van der Waals surface area contributed by atoms with Crippen molar-refractivity contribution in [3.8, 4) is 0 Å². The van der Waals surface area contributed by atoms with Crippen molar-refractivity contribution in [3.63, 3.8) is 0 Å². The summed E-state index contributed by atoms with van der Waals surface area (Å²) in [6.07, 6.45) is 61.8. The van der Waals surface area contributed by atoms with E-state index in [-0.39, 0.29) is 18.9 Å². The molecule has 2 fully saturated rings. The van der Waals surface area contributed by atoms with E-state index in [1.165, 1.54) is 122 Å². The van der Waals surface area contributed by atoms with Gasteiger partial charge in [-0.2, -0.15) is 0 Å². The van der Waals surface area contributed by atoms with Gasteiger partial charge in [-0.05, 0) is 89.9 Å². The minimum absolute atomic E-state index is 0.253. The van der Waals surface area contributed by atoms with Crippen LogP contribution in [0.15, 0.2) is 109 Å². The Morgan fingerprint density at radius 2 is 0.824 bits per heavy atom. The summed E-state index contributed by atoms with van der Waals surface area (Å²) >= 11 is 0. The average molecular weight is 1200 g/mol. The highest BCUT2D eigenvalue weighted by Gasteiger charge is 2.51. The first-order valence-electron chi connectivity index (χ1n) is 33.6. The molecule has 2 rings (SSSR count). The van der Waals surface area contributed by atoms with E-state index in [1.807, 2.05) is 6.08 Å². The van der Waals surface area contributed by atoms with Crippen LogP contribution in [0.2, 0.25) is 0 Å². The molecule has 0 bridgehead atoms. The predicted octanol–water partition coefficient (Wildman–Crippen LogP) is 13.2. The van der Waals surface area contributed by atoms with Gasteiger partial charge in [0.25, 0.3) is 0 Å². The number of allylic oxidation sites excluding steroid dienone is 17. The van der Waals surface area contributed by atoms with Gasteiger partial charge in [0.05, 0.1) is 32.0 Å². The van der Waals surface area contributed by atoms with E-state index in [0.717, 1.165) is 83.5 Å². The van der Waals surface area contributed by atoms with Crippen LogP contribution in [0.3, 0.4) is 0 Å². The molecular weight excluding hydrogens is 1070 g/mol. The average Bonchev–Trinajstić information content (AvgIpc) is 2.93. The molecule has 2 heterocycles. The lowest BCUT2D eigenvalue weighted by atomic mass is 9.97. The number of hydrogen-bond donors (Lipinski definition) is 9. The smallest absolute Gasteiger partial charge is 0.220 e. The molecule has 1 amide bonds. The van der Waals surface area contributed by atoms with Gasteiger partial charge in [-0.1, -0.05) is 252 Å². The molecule has 2 saturated heterocycles. The molecule has 2 aliphatic heterocycles. The molecule has 85 heavy (non-hydrogen) atoms. The fourth-order valence-corrected chi connectivity index (χ4v) is 10.3. The summed E-state index contributed by atoms with van der Waals surface area (Å²) in [5, 5.41) is 86.9. The van der Waals surface area contributed by atoms with Crippen molar-refractivity contribution in [3.05, 3.63) is 109 Å². The summed E-state index contributed by atoms with van der Waals surface area (Å²) in [6, 6.07) is -0.933. The molecule has 0 aromatic heterocycles. The Hall–Kier alpha value is -3.35. The first-order valence-corrected chi connectivity index (χ1v) is 33.6. The molecule has 0 radical (unpaired) electrons. The number of nitrogens with one attached hydrogen (secondary N) is 1. The molecule has 488 valence electrons. The molecule has 12 unspecified atom stereocenters. The van der Waals surface area contributed by atoms with E-state index in [9.17, 15) is 45.6 Å².